The minimum Gasteiger partial charge on any atom is -0.310 e. The highest BCUT2D eigenvalue weighted by Gasteiger charge is 2.46. The lowest BCUT2D eigenvalue weighted by Gasteiger charge is -2.33. The van der Waals surface area contributed by atoms with Crippen LogP contribution in [-0.4, -0.2) is 0 Å². The second kappa shape index (κ2) is 18.0. The Morgan fingerprint density at radius 2 is 0.607 bits per heavy atom. The van der Waals surface area contributed by atoms with Crippen LogP contribution in [-0.2, 0) is 16.2 Å². The highest BCUT2D eigenvalue weighted by molar-refractivity contribution is 6.24. The summed E-state index contributed by atoms with van der Waals surface area (Å²) in [6.07, 6.45) is 0. The van der Waals surface area contributed by atoms with E-state index in [1.807, 2.05) is 0 Å². The lowest BCUT2D eigenvalue weighted by Crippen LogP contribution is -2.28. The molecule has 0 aromatic heterocycles. The van der Waals surface area contributed by atoms with Gasteiger partial charge in [-0.05, 0) is 204 Å². The molecule has 0 fully saturated rings. The van der Waals surface area contributed by atoms with Crippen molar-refractivity contribution in [3.8, 4) is 55.6 Å². The summed E-state index contributed by atoms with van der Waals surface area (Å²) >= 11 is 0. The summed E-state index contributed by atoms with van der Waals surface area (Å²) < 4.78 is 0. The van der Waals surface area contributed by atoms with Crippen molar-refractivity contribution in [1.82, 2.24) is 0 Å². The van der Waals surface area contributed by atoms with Crippen LogP contribution < -0.4 is 4.90 Å². The van der Waals surface area contributed by atoms with Gasteiger partial charge in [-0.2, -0.15) is 0 Å². The second-order valence-electron chi connectivity index (χ2n) is 24.7. The molecule has 0 heterocycles. The normalized spacial score (nSPS) is 14.5. The van der Waals surface area contributed by atoms with E-state index in [0.29, 0.717) is 0 Å². The van der Waals surface area contributed by atoms with Crippen LogP contribution in [0.1, 0.15) is 72.2 Å². The molecule has 0 saturated carbocycles. The number of rotatable bonds is 7. The summed E-state index contributed by atoms with van der Waals surface area (Å²) in [7, 11) is 0. The van der Waals surface area contributed by atoms with Gasteiger partial charge in [-0.1, -0.05) is 252 Å². The van der Waals surface area contributed by atoms with E-state index in [0.717, 1.165) is 17.1 Å². The number of nitrogens with zero attached hydrogens (tertiary/aromatic N) is 1. The average molecular weight is 1070 g/mol. The van der Waals surface area contributed by atoms with E-state index in [2.05, 4.69) is 318 Å². The molecule has 3 aliphatic carbocycles. The zero-order chi connectivity index (χ0) is 56.1. The fourth-order valence-corrected chi connectivity index (χ4v) is 15.7. The summed E-state index contributed by atoms with van der Waals surface area (Å²) in [4.78, 5) is 2.49. The van der Waals surface area contributed by atoms with E-state index in [1.54, 1.807) is 0 Å². The van der Waals surface area contributed by atoms with Crippen LogP contribution >= 0.6 is 0 Å². The molecule has 0 radical (unpaired) electrons. The number of hydrogen-bond donors (Lipinski definition) is 0. The van der Waals surface area contributed by atoms with Gasteiger partial charge < -0.3 is 4.90 Å². The molecule has 17 rings (SSSR count). The standard InChI is InChI=1S/C83H59N/c1-81(2)75-32-18-15-29-65(75)68-42-40-59(48-79(68)81)84(60-41-43-69-66-30-16-19-33-76(66)82(3,4)80(69)49-60)58-39-37-52-45-54(36-35-53(52)46-58)70-50-72-64-28-14-12-26-62(64)71(51-73(72)63-27-13-11-25-61(63)70)55-38-44-78-74(47-55)67-31-17-20-34-77(67)83(78,56-21-7-5-8-22-56)57-23-9-6-10-24-57/h5-51H,1-4H3. The number of hydrogen-bond acceptors (Lipinski definition) is 1. The Bertz CT molecular complexity index is 4930. The van der Waals surface area contributed by atoms with E-state index in [1.165, 1.54) is 143 Å². The van der Waals surface area contributed by atoms with E-state index in [9.17, 15) is 0 Å². The maximum Gasteiger partial charge on any atom is 0.0713 e. The molecule has 0 bridgehead atoms. The topological polar surface area (TPSA) is 3.24 Å². The van der Waals surface area contributed by atoms with Gasteiger partial charge in [-0.3, -0.25) is 0 Å². The van der Waals surface area contributed by atoms with Crippen molar-refractivity contribution >= 4 is 60.2 Å². The first-order valence-corrected chi connectivity index (χ1v) is 29.7. The van der Waals surface area contributed by atoms with Gasteiger partial charge in [-0.25, -0.2) is 0 Å². The van der Waals surface area contributed by atoms with Crippen molar-refractivity contribution in [2.75, 3.05) is 4.90 Å². The number of fused-ring (bicyclic) bond motifs is 15. The smallest absolute Gasteiger partial charge is 0.0713 e. The minimum absolute atomic E-state index is 0.132. The first-order chi connectivity index (χ1) is 41.2. The molecule has 0 amide bonds. The predicted molar refractivity (Wildman–Crippen MR) is 354 cm³/mol. The number of anilines is 3. The van der Waals surface area contributed by atoms with Crippen molar-refractivity contribution in [1.29, 1.82) is 0 Å². The van der Waals surface area contributed by atoms with Crippen LogP contribution in [0.15, 0.2) is 285 Å². The molecule has 0 atom stereocenters. The molecule has 1 nitrogen and oxygen atoms in total. The average Bonchev–Trinajstić information content (AvgIpc) is 2.21. The maximum absolute atomic E-state index is 2.49. The van der Waals surface area contributed by atoms with Crippen LogP contribution in [0.3, 0.4) is 0 Å². The summed E-state index contributed by atoms with van der Waals surface area (Å²) in [6, 6.07) is 108. The zero-order valence-corrected chi connectivity index (χ0v) is 47.6. The first kappa shape index (κ1) is 48.6. The molecule has 14 aromatic carbocycles. The Labute approximate surface area is 491 Å². The van der Waals surface area contributed by atoms with Gasteiger partial charge in [-0.15, -0.1) is 0 Å². The Balaban J connectivity index is 0.795. The van der Waals surface area contributed by atoms with Gasteiger partial charge in [0.05, 0.1) is 5.41 Å². The summed E-state index contributed by atoms with van der Waals surface area (Å²) in [5.74, 6) is 0. The molecule has 1 heteroatoms. The molecular weight excluding hydrogens is 1010 g/mol. The lowest BCUT2D eigenvalue weighted by atomic mass is 9.67. The predicted octanol–water partition coefficient (Wildman–Crippen LogP) is 22.1. The number of benzene rings is 14. The van der Waals surface area contributed by atoms with Gasteiger partial charge in [0.15, 0.2) is 0 Å². The molecular formula is C83H59N. The first-order valence-electron chi connectivity index (χ1n) is 29.7. The third-order valence-electron chi connectivity index (χ3n) is 19.7. The van der Waals surface area contributed by atoms with Crippen LogP contribution in [0.25, 0.3) is 98.7 Å². The molecule has 0 spiro atoms. The second-order valence-corrected chi connectivity index (χ2v) is 24.7. The van der Waals surface area contributed by atoms with Crippen molar-refractivity contribution < 1.29 is 0 Å². The van der Waals surface area contributed by atoms with Crippen LogP contribution in [0.2, 0.25) is 0 Å². The summed E-state index contributed by atoms with van der Waals surface area (Å²) in [5, 5.41) is 9.92. The van der Waals surface area contributed by atoms with Gasteiger partial charge in [0, 0.05) is 27.9 Å². The SMILES string of the molecule is CC1(C)c2ccccc2-c2ccc(N(c3ccc4c(c3)C(C)(C)c3ccccc3-4)c3ccc4cc(-c5cc6c7ccccc7c(-c7ccc8c(c7)-c7ccccc7C8(c7ccccc7)c7ccccc7)cc6c6ccccc56)ccc4c3)cc21. The van der Waals surface area contributed by atoms with Gasteiger partial charge in [0.2, 0.25) is 0 Å². The highest BCUT2D eigenvalue weighted by atomic mass is 15.1. The van der Waals surface area contributed by atoms with Gasteiger partial charge in [0.25, 0.3) is 0 Å². The third kappa shape index (κ3) is 6.84. The van der Waals surface area contributed by atoms with Crippen LogP contribution in [0.5, 0.6) is 0 Å². The van der Waals surface area contributed by atoms with Crippen molar-refractivity contribution in [2.24, 2.45) is 0 Å². The van der Waals surface area contributed by atoms with E-state index >= 15 is 0 Å². The molecule has 0 aliphatic heterocycles. The summed E-state index contributed by atoms with van der Waals surface area (Å²) in [5.41, 5.74) is 26.2. The van der Waals surface area contributed by atoms with Gasteiger partial charge in [0.1, 0.15) is 0 Å². The Morgan fingerprint density at radius 3 is 1.15 bits per heavy atom. The van der Waals surface area contributed by atoms with E-state index < -0.39 is 5.41 Å². The van der Waals surface area contributed by atoms with Gasteiger partial charge >= 0.3 is 0 Å². The Morgan fingerprint density at radius 1 is 0.226 bits per heavy atom. The molecule has 0 saturated heterocycles. The van der Waals surface area contributed by atoms with Crippen molar-refractivity contribution in [2.45, 2.75) is 43.9 Å². The van der Waals surface area contributed by atoms with Crippen molar-refractivity contribution in [3.63, 3.8) is 0 Å². The van der Waals surface area contributed by atoms with Crippen LogP contribution in [0.4, 0.5) is 17.1 Å². The minimum atomic E-state index is -0.446. The van der Waals surface area contributed by atoms with Crippen LogP contribution in [0, 0.1) is 0 Å². The monoisotopic (exact) mass is 1070 g/mol. The maximum atomic E-state index is 2.49. The molecule has 396 valence electrons. The largest absolute Gasteiger partial charge is 0.310 e. The fourth-order valence-electron chi connectivity index (χ4n) is 15.7. The Hall–Kier alpha value is -10.1. The fraction of sp³-hybridized carbons (Fsp3) is 0.0843. The summed E-state index contributed by atoms with van der Waals surface area (Å²) in [6.45, 7) is 9.51. The highest BCUT2D eigenvalue weighted by Crippen LogP contribution is 2.58. The Kier molecular flexibility index (Phi) is 10.4. The molecule has 0 unspecified atom stereocenters. The van der Waals surface area contributed by atoms with Crippen molar-refractivity contribution in [3.05, 3.63) is 330 Å². The zero-order valence-electron chi connectivity index (χ0n) is 47.6. The van der Waals surface area contributed by atoms with E-state index in [4.69, 9.17) is 0 Å². The quantitative estimate of drug-likeness (QED) is 0.144. The molecule has 0 N–H and O–H groups in total. The third-order valence-corrected chi connectivity index (χ3v) is 19.7. The molecule has 3 aliphatic rings. The van der Waals surface area contributed by atoms with E-state index in [-0.39, 0.29) is 10.8 Å². The molecule has 14 aromatic rings. The molecule has 84 heavy (non-hydrogen) atoms. The lowest BCUT2D eigenvalue weighted by molar-refractivity contribution is 0.660.